The zero-order chi connectivity index (χ0) is 26.4. The highest BCUT2D eigenvalue weighted by Gasteiger charge is 2.64. The van der Waals surface area contributed by atoms with E-state index in [2.05, 4.69) is 48.1 Å². The van der Waals surface area contributed by atoms with Crippen LogP contribution < -0.4 is 25.9 Å². The highest BCUT2D eigenvalue weighted by Crippen LogP contribution is 2.58. The highest BCUT2D eigenvalue weighted by molar-refractivity contribution is 6.91. The van der Waals surface area contributed by atoms with E-state index in [1.54, 1.807) is 7.11 Å². The Morgan fingerprint density at radius 1 is 1.24 bits per heavy atom. The number of carbonyl (C=O) groups is 2. The van der Waals surface area contributed by atoms with Gasteiger partial charge >= 0.3 is 0 Å². The Morgan fingerprint density at radius 2 is 2.00 bits per heavy atom. The van der Waals surface area contributed by atoms with Gasteiger partial charge in [0, 0.05) is 29.5 Å². The van der Waals surface area contributed by atoms with Crippen LogP contribution >= 0.6 is 0 Å². The summed E-state index contributed by atoms with van der Waals surface area (Å²) in [5.41, 5.74) is 1.01. The minimum atomic E-state index is -2.20. The number of nitrogens with one attached hydrogen (secondary N) is 3. The summed E-state index contributed by atoms with van der Waals surface area (Å²) in [4.78, 5) is 26.4. The van der Waals surface area contributed by atoms with E-state index in [4.69, 9.17) is 9.47 Å². The number of rotatable bonds is 7. The number of hydrogen-bond acceptors (Lipinski definition) is 6. The first-order valence-electron chi connectivity index (χ1n) is 13.2. The molecule has 1 spiro atoms. The van der Waals surface area contributed by atoms with Gasteiger partial charge < -0.3 is 30.5 Å². The van der Waals surface area contributed by atoms with E-state index in [0.717, 1.165) is 30.7 Å². The monoisotopic (exact) mass is 523 g/mol. The number of fused-ring (bicyclic) bond motifs is 2. The summed E-state index contributed by atoms with van der Waals surface area (Å²) >= 11 is 0. The molecular formula is C28H37N3O5Si. The third kappa shape index (κ3) is 4.27. The van der Waals surface area contributed by atoms with Crippen molar-refractivity contribution < 1.29 is 24.2 Å². The van der Waals surface area contributed by atoms with Gasteiger partial charge in [-0.15, -0.1) is 0 Å². The van der Waals surface area contributed by atoms with Crippen molar-refractivity contribution in [2.24, 2.45) is 5.92 Å². The Morgan fingerprint density at radius 3 is 2.65 bits per heavy atom. The molecule has 3 aliphatic heterocycles. The molecule has 3 aliphatic rings. The molecule has 0 saturated carbocycles. The summed E-state index contributed by atoms with van der Waals surface area (Å²) in [6.07, 6.45) is 1.98. The smallest absolute Gasteiger partial charge is 0.261 e. The number of aliphatic hydroxyl groups is 1. The third-order valence-corrected chi connectivity index (χ3v) is 13.0. The van der Waals surface area contributed by atoms with Gasteiger partial charge in [-0.1, -0.05) is 37.3 Å². The summed E-state index contributed by atoms with van der Waals surface area (Å²) in [5, 5.41) is 20.5. The molecule has 4 N–H and O–H groups in total. The van der Waals surface area contributed by atoms with E-state index in [1.165, 1.54) is 5.19 Å². The topological polar surface area (TPSA) is 109 Å². The van der Waals surface area contributed by atoms with Crippen LogP contribution in [-0.2, 0) is 19.9 Å². The molecule has 0 aromatic heterocycles. The summed E-state index contributed by atoms with van der Waals surface area (Å²) in [5.74, 6) is 0.421. The summed E-state index contributed by atoms with van der Waals surface area (Å²) < 4.78 is 12.1. The van der Waals surface area contributed by atoms with Crippen LogP contribution in [0.15, 0.2) is 42.5 Å². The zero-order valence-electron chi connectivity index (χ0n) is 22.0. The lowest BCUT2D eigenvalue weighted by Gasteiger charge is -2.37. The molecular weight excluding hydrogens is 486 g/mol. The maximum atomic E-state index is 13.7. The first-order chi connectivity index (χ1) is 17.7. The van der Waals surface area contributed by atoms with E-state index in [9.17, 15) is 14.7 Å². The van der Waals surface area contributed by atoms with Crippen LogP contribution in [-0.4, -0.2) is 57.4 Å². The van der Waals surface area contributed by atoms with Gasteiger partial charge in [-0.3, -0.25) is 9.59 Å². The molecule has 2 aromatic carbocycles. The number of methoxy groups -OCH3 is 1. The zero-order valence-corrected chi connectivity index (χ0v) is 23.0. The average molecular weight is 524 g/mol. The van der Waals surface area contributed by atoms with Crippen LogP contribution in [0.5, 0.6) is 5.75 Å². The lowest BCUT2D eigenvalue weighted by Crippen LogP contribution is -2.51. The molecule has 2 amide bonds. The minimum absolute atomic E-state index is 0.0178. The average Bonchev–Trinajstić information content (AvgIpc) is 3.59. The van der Waals surface area contributed by atoms with Crippen molar-refractivity contribution in [3.8, 4) is 5.75 Å². The van der Waals surface area contributed by atoms with Crippen LogP contribution in [0.25, 0.3) is 0 Å². The van der Waals surface area contributed by atoms with Gasteiger partial charge in [0.2, 0.25) is 5.91 Å². The fourth-order valence-corrected chi connectivity index (χ4v) is 10.8. The number of benzene rings is 2. The molecule has 2 fully saturated rings. The Kier molecular flexibility index (Phi) is 6.91. The molecule has 8 nitrogen and oxygen atoms in total. The molecule has 0 unspecified atom stereocenters. The van der Waals surface area contributed by atoms with Crippen LogP contribution in [0.3, 0.4) is 0 Å². The molecule has 5 rings (SSSR count). The molecule has 37 heavy (non-hydrogen) atoms. The number of anilines is 2. The predicted octanol–water partition coefficient (Wildman–Crippen LogP) is 2.94. The molecule has 0 bridgehead atoms. The Labute approximate surface area is 219 Å². The molecule has 0 aliphatic carbocycles. The van der Waals surface area contributed by atoms with Crippen molar-refractivity contribution in [1.29, 1.82) is 0 Å². The fraction of sp³-hybridized carbons (Fsp3) is 0.500. The van der Waals surface area contributed by atoms with Crippen LogP contribution in [0.2, 0.25) is 18.6 Å². The minimum Gasteiger partial charge on any atom is -0.497 e. The molecule has 2 saturated heterocycles. The van der Waals surface area contributed by atoms with Gasteiger partial charge in [0.25, 0.3) is 5.91 Å². The van der Waals surface area contributed by atoms with Crippen molar-refractivity contribution in [3.05, 3.63) is 48.0 Å². The molecule has 2 aromatic rings. The molecule has 9 heteroatoms. The van der Waals surface area contributed by atoms with Gasteiger partial charge in [-0.05, 0) is 61.7 Å². The molecule has 198 valence electrons. The van der Waals surface area contributed by atoms with Gasteiger partial charge in [0.1, 0.15) is 5.75 Å². The largest absolute Gasteiger partial charge is 0.497 e. The van der Waals surface area contributed by atoms with E-state index in [1.807, 2.05) is 30.3 Å². The van der Waals surface area contributed by atoms with E-state index < -0.39 is 13.7 Å². The quantitative estimate of drug-likeness (QED) is 0.416. The van der Waals surface area contributed by atoms with Crippen LogP contribution in [0, 0.1) is 5.92 Å². The lowest BCUT2D eigenvalue weighted by atomic mass is 9.82. The van der Waals surface area contributed by atoms with Gasteiger partial charge in [0.15, 0.2) is 5.60 Å². The van der Waals surface area contributed by atoms with Crippen LogP contribution in [0.1, 0.15) is 31.7 Å². The maximum absolute atomic E-state index is 13.7. The second kappa shape index (κ2) is 9.87. The van der Waals surface area contributed by atoms with Crippen molar-refractivity contribution in [2.45, 2.75) is 62.6 Å². The third-order valence-electron chi connectivity index (χ3n) is 8.65. The summed E-state index contributed by atoms with van der Waals surface area (Å²) in [7, 11) is -0.542. The standard InChI is InChI=1S/C28H37N3O5Si/c1-17-25(37(3,4)20-10-8-19(35-2)9-11-20)24(13-15-32)36-28(17)21-16-18(7-12-22(21)31-27(28)34)30-26(33)23-6-5-14-29-23/h7-12,16-17,23-25,29,32H,5-6,13-15H2,1-4H3,(H,30,33)(H,31,34)/t17-,23-,24+,25-,28+/m1/s1. The van der Waals surface area contributed by atoms with Crippen molar-refractivity contribution in [3.63, 3.8) is 0 Å². The number of ether oxygens (including phenoxy) is 2. The van der Waals surface area contributed by atoms with E-state index >= 15 is 0 Å². The lowest BCUT2D eigenvalue weighted by molar-refractivity contribution is -0.143. The van der Waals surface area contributed by atoms with E-state index in [0.29, 0.717) is 17.8 Å². The van der Waals surface area contributed by atoms with Gasteiger partial charge in [-0.2, -0.15) is 0 Å². The summed E-state index contributed by atoms with van der Waals surface area (Å²) in [6.45, 7) is 7.54. The SMILES string of the molecule is COc1ccc([Si](C)(C)[C@H]2[C@H](CCO)O[C@@]3(C(=O)Nc4ccc(NC(=O)[C@H]5CCCN5)cc43)[C@@H]2C)cc1. The number of aliphatic hydroxyl groups excluding tert-OH is 1. The number of hydrogen-bond donors (Lipinski definition) is 4. The first-order valence-corrected chi connectivity index (χ1v) is 16.2. The molecule has 0 radical (unpaired) electrons. The van der Waals surface area contributed by atoms with Gasteiger partial charge in [-0.25, -0.2) is 0 Å². The Hall–Kier alpha value is -2.72. The fourth-order valence-electron chi connectivity index (χ4n) is 6.75. The van der Waals surface area contributed by atoms with Gasteiger partial charge in [0.05, 0.1) is 27.3 Å². The van der Waals surface area contributed by atoms with Crippen molar-refractivity contribution in [2.75, 3.05) is 30.9 Å². The first kappa shape index (κ1) is 25.9. The number of carbonyl (C=O) groups excluding carboxylic acids is 2. The second-order valence-electron chi connectivity index (χ2n) is 11.0. The molecule has 5 atom stereocenters. The summed E-state index contributed by atoms with van der Waals surface area (Å²) in [6, 6.07) is 13.5. The maximum Gasteiger partial charge on any atom is 0.261 e. The Bertz CT molecular complexity index is 1180. The van der Waals surface area contributed by atoms with E-state index in [-0.39, 0.29) is 42.0 Å². The van der Waals surface area contributed by atoms with Crippen molar-refractivity contribution in [1.82, 2.24) is 5.32 Å². The van der Waals surface area contributed by atoms with Crippen molar-refractivity contribution >= 4 is 36.4 Å². The second-order valence-corrected chi connectivity index (χ2v) is 15.7. The Balaban J connectivity index is 1.51. The molecule has 3 heterocycles. The number of amides is 2. The normalized spacial score (nSPS) is 28.8. The predicted molar refractivity (Wildman–Crippen MR) is 146 cm³/mol. The highest BCUT2D eigenvalue weighted by atomic mass is 28.3. The van der Waals surface area contributed by atoms with Crippen LogP contribution in [0.4, 0.5) is 11.4 Å².